The Morgan fingerprint density at radius 1 is 1.05 bits per heavy atom. The van der Waals surface area contributed by atoms with Crippen LogP contribution in [0.1, 0.15) is 35.2 Å². The lowest BCUT2D eigenvalue weighted by molar-refractivity contribution is 0.415. The summed E-state index contributed by atoms with van der Waals surface area (Å²) in [7, 11) is 1.67. The quantitative estimate of drug-likeness (QED) is 0.748. The molecule has 2 aromatic rings. The third-order valence-electron chi connectivity index (χ3n) is 3.45. The van der Waals surface area contributed by atoms with Crippen molar-refractivity contribution in [1.29, 1.82) is 0 Å². The fourth-order valence-corrected chi connectivity index (χ4v) is 2.18. The van der Waals surface area contributed by atoms with Crippen LogP contribution in [0.5, 0.6) is 5.75 Å². The number of aryl methyl sites for hydroxylation is 2. The number of nitrogens with zero attached hydrogens (tertiary/aromatic N) is 1. The van der Waals surface area contributed by atoms with E-state index >= 15 is 0 Å². The van der Waals surface area contributed by atoms with Crippen molar-refractivity contribution in [2.24, 2.45) is 4.99 Å². The van der Waals surface area contributed by atoms with Gasteiger partial charge >= 0.3 is 0 Å². The van der Waals surface area contributed by atoms with E-state index in [0.29, 0.717) is 0 Å². The molecule has 2 rings (SSSR count). The molecule has 1 atom stereocenters. The third kappa shape index (κ3) is 3.47. The lowest BCUT2D eigenvalue weighted by Gasteiger charge is -2.11. The summed E-state index contributed by atoms with van der Waals surface area (Å²) in [5, 5.41) is 0. The fraction of sp³-hybridized carbons (Fsp3) is 0.278. The number of rotatable bonds is 4. The standard InChI is InChI=1S/C18H21NO/c1-13-5-6-14(2)18(11-13)15(3)19-12-16-7-9-17(20-4)10-8-16/h5-12,15H,1-4H3/t15-/m1/s1. The molecule has 0 fully saturated rings. The molecule has 0 heterocycles. The van der Waals surface area contributed by atoms with Crippen LogP contribution in [0.15, 0.2) is 47.5 Å². The van der Waals surface area contributed by atoms with Crippen LogP contribution in [-0.2, 0) is 0 Å². The van der Waals surface area contributed by atoms with Crippen LogP contribution in [0.2, 0.25) is 0 Å². The number of ether oxygens (including phenoxy) is 1. The van der Waals surface area contributed by atoms with Gasteiger partial charge in [-0.2, -0.15) is 0 Å². The maximum Gasteiger partial charge on any atom is 0.118 e. The second-order valence-electron chi connectivity index (χ2n) is 5.09. The second-order valence-corrected chi connectivity index (χ2v) is 5.09. The Kier molecular flexibility index (Phi) is 4.57. The Labute approximate surface area is 121 Å². The summed E-state index contributed by atoms with van der Waals surface area (Å²) in [6.07, 6.45) is 1.92. The molecule has 2 heteroatoms. The summed E-state index contributed by atoms with van der Waals surface area (Å²) in [5.41, 5.74) is 4.93. The van der Waals surface area contributed by atoms with Crippen LogP contribution < -0.4 is 4.74 Å². The van der Waals surface area contributed by atoms with Gasteiger partial charge in [-0.25, -0.2) is 0 Å². The molecule has 0 bridgehead atoms. The van der Waals surface area contributed by atoms with E-state index < -0.39 is 0 Å². The zero-order chi connectivity index (χ0) is 14.5. The highest BCUT2D eigenvalue weighted by Crippen LogP contribution is 2.22. The normalized spacial score (nSPS) is 12.6. The molecule has 0 radical (unpaired) electrons. The Morgan fingerprint density at radius 3 is 2.40 bits per heavy atom. The molecule has 0 N–H and O–H groups in total. The molecule has 0 saturated heterocycles. The summed E-state index contributed by atoms with van der Waals surface area (Å²) in [6, 6.07) is 14.6. The molecule has 0 aliphatic rings. The molecule has 0 amide bonds. The Morgan fingerprint density at radius 2 is 1.75 bits per heavy atom. The minimum atomic E-state index is 0.164. The van der Waals surface area contributed by atoms with Crippen LogP contribution in [0, 0.1) is 13.8 Å². The number of benzene rings is 2. The molecule has 2 nitrogen and oxygen atoms in total. The maximum atomic E-state index is 5.15. The Balaban J connectivity index is 2.15. The van der Waals surface area contributed by atoms with Crippen LogP contribution in [0.3, 0.4) is 0 Å². The van der Waals surface area contributed by atoms with E-state index in [1.165, 1.54) is 16.7 Å². The molecule has 20 heavy (non-hydrogen) atoms. The monoisotopic (exact) mass is 267 g/mol. The average molecular weight is 267 g/mol. The molecule has 0 spiro atoms. The van der Waals surface area contributed by atoms with Crippen LogP contribution in [0.25, 0.3) is 0 Å². The van der Waals surface area contributed by atoms with Gasteiger partial charge in [0.1, 0.15) is 5.75 Å². The summed E-state index contributed by atoms with van der Waals surface area (Å²) >= 11 is 0. The molecule has 0 aromatic heterocycles. The van der Waals surface area contributed by atoms with Crippen molar-refractivity contribution in [3.63, 3.8) is 0 Å². The van der Waals surface area contributed by atoms with E-state index in [1.807, 2.05) is 30.5 Å². The van der Waals surface area contributed by atoms with Gasteiger partial charge in [-0.05, 0) is 61.7 Å². The van der Waals surface area contributed by atoms with Crippen molar-refractivity contribution in [2.75, 3.05) is 7.11 Å². The van der Waals surface area contributed by atoms with Gasteiger partial charge in [-0.15, -0.1) is 0 Å². The summed E-state index contributed by atoms with van der Waals surface area (Å²) in [4.78, 5) is 4.66. The summed E-state index contributed by atoms with van der Waals surface area (Å²) in [5.74, 6) is 0.865. The third-order valence-corrected chi connectivity index (χ3v) is 3.45. The van der Waals surface area contributed by atoms with Gasteiger partial charge in [0.05, 0.1) is 13.2 Å². The molecule has 104 valence electrons. The van der Waals surface area contributed by atoms with E-state index in [-0.39, 0.29) is 6.04 Å². The first kappa shape index (κ1) is 14.3. The highest BCUT2D eigenvalue weighted by Gasteiger charge is 2.06. The average Bonchev–Trinajstić information content (AvgIpc) is 2.47. The Bertz CT molecular complexity index is 599. The smallest absolute Gasteiger partial charge is 0.118 e. The molecule has 0 unspecified atom stereocenters. The van der Waals surface area contributed by atoms with E-state index in [2.05, 4.69) is 44.0 Å². The van der Waals surface area contributed by atoms with E-state index in [9.17, 15) is 0 Å². The van der Waals surface area contributed by atoms with Crippen molar-refractivity contribution in [3.8, 4) is 5.75 Å². The zero-order valence-electron chi connectivity index (χ0n) is 12.6. The van der Waals surface area contributed by atoms with Crippen molar-refractivity contribution < 1.29 is 4.74 Å². The highest BCUT2D eigenvalue weighted by molar-refractivity contribution is 5.80. The van der Waals surface area contributed by atoms with Crippen molar-refractivity contribution >= 4 is 6.21 Å². The van der Waals surface area contributed by atoms with Gasteiger partial charge < -0.3 is 4.74 Å². The first-order valence-corrected chi connectivity index (χ1v) is 6.84. The lowest BCUT2D eigenvalue weighted by atomic mass is 10.0. The molecular formula is C18H21NO. The van der Waals surface area contributed by atoms with E-state index in [0.717, 1.165) is 11.3 Å². The first-order chi connectivity index (χ1) is 9.60. The molecule has 2 aromatic carbocycles. The van der Waals surface area contributed by atoms with Gasteiger partial charge in [0.15, 0.2) is 0 Å². The molecule has 0 aliphatic carbocycles. The largest absolute Gasteiger partial charge is 0.497 e. The summed E-state index contributed by atoms with van der Waals surface area (Å²) < 4.78 is 5.15. The van der Waals surface area contributed by atoms with Crippen LogP contribution in [0.4, 0.5) is 0 Å². The fourth-order valence-electron chi connectivity index (χ4n) is 2.18. The van der Waals surface area contributed by atoms with Gasteiger partial charge in [0.25, 0.3) is 0 Å². The number of hydrogen-bond donors (Lipinski definition) is 0. The minimum Gasteiger partial charge on any atom is -0.497 e. The van der Waals surface area contributed by atoms with Gasteiger partial charge in [0, 0.05) is 6.21 Å². The number of aliphatic imine (C=N–C) groups is 1. The minimum absolute atomic E-state index is 0.164. The van der Waals surface area contributed by atoms with Crippen LogP contribution in [-0.4, -0.2) is 13.3 Å². The summed E-state index contributed by atoms with van der Waals surface area (Å²) in [6.45, 7) is 6.37. The van der Waals surface area contributed by atoms with Crippen LogP contribution >= 0.6 is 0 Å². The van der Waals surface area contributed by atoms with Crippen molar-refractivity contribution in [2.45, 2.75) is 26.8 Å². The predicted molar refractivity (Wildman–Crippen MR) is 84.9 cm³/mol. The zero-order valence-corrected chi connectivity index (χ0v) is 12.6. The highest BCUT2D eigenvalue weighted by atomic mass is 16.5. The topological polar surface area (TPSA) is 21.6 Å². The SMILES string of the molecule is COc1ccc(C=N[C@H](C)c2cc(C)ccc2C)cc1. The van der Waals surface area contributed by atoms with Gasteiger partial charge in [0.2, 0.25) is 0 Å². The van der Waals surface area contributed by atoms with E-state index in [1.54, 1.807) is 7.11 Å². The number of hydrogen-bond acceptors (Lipinski definition) is 2. The number of methoxy groups -OCH3 is 1. The maximum absolute atomic E-state index is 5.15. The van der Waals surface area contributed by atoms with Crippen molar-refractivity contribution in [3.05, 3.63) is 64.7 Å². The molecule has 0 saturated carbocycles. The lowest BCUT2D eigenvalue weighted by Crippen LogP contribution is -1.95. The van der Waals surface area contributed by atoms with E-state index in [4.69, 9.17) is 4.74 Å². The molecule has 0 aliphatic heterocycles. The molecular weight excluding hydrogens is 246 g/mol. The van der Waals surface area contributed by atoms with Gasteiger partial charge in [-0.3, -0.25) is 4.99 Å². The van der Waals surface area contributed by atoms with Gasteiger partial charge in [-0.1, -0.05) is 23.8 Å². The Hall–Kier alpha value is -2.09. The first-order valence-electron chi connectivity index (χ1n) is 6.84. The van der Waals surface area contributed by atoms with Crippen molar-refractivity contribution in [1.82, 2.24) is 0 Å². The second kappa shape index (κ2) is 6.38. The predicted octanol–water partition coefficient (Wildman–Crippen LogP) is 4.49.